The molecule has 76 valence electrons. The molecule has 0 aliphatic carbocycles. The predicted octanol–water partition coefficient (Wildman–Crippen LogP) is -0.0931. The van der Waals surface area contributed by atoms with E-state index < -0.39 is 0 Å². The molecule has 5 nitrogen and oxygen atoms in total. The van der Waals surface area contributed by atoms with E-state index in [4.69, 9.17) is 5.73 Å². The molecule has 1 aromatic rings. The summed E-state index contributed by atoms with van der Waals surface area (Å²) in [6.07, 6.45) is 0.814. The van der Waals surface area contributed by atoms with Crippen LogP contribution in [0.1, 0.15) is 18.2 Å². The summed E-state index contributed by atoms with van der Waals surface area (Å²) in [5.74, 6) is 0.822. The third-order valence-electron chi connectivity index (χ3n) is 2.69. The Morgan fingerprint density at radius 1 is 1.57 bits per heavy atom. The van der Waals surface area contributed by atoms with Gasteiger partial charge in [-0.1, -0.05) is 0 Å². The fourth-order valence-electron chi connectivity index (χ4n) is 1.81. The number of hydrogen-bond acceptors (Lipinski definition) is 3. The van der Waals surface area contributed by atoms with Crippen molar-refractivity contribution in [2.75, 3.05) is 12.3 Å². The lowest BCUT2D eigenvalue weighted by molar-refractivity contribution is -0.129. The van der Waals surface area contributed by atoms with Crippen molar-refractivity contribution in [3.63, 3.8) is 0 Å². The molecule has 2 rings (SSSR count). The summed E-state index contributed by atoms with van der Waals surface area (Å²) >= 11 is 0. The summed E-state index contributed by atoms with van der Waals surface area (Å²) in [7, 11) is 1.83. The molecule has 14 heavy (non-hydrogen) atoms. The van der Waals surface area contributed by atoms with Gasteiger partial charge in [0.25, 0.3) is 0 Å². The van der Waals surface area contributed by atoms with E-state index in [0.717, 1.165) is 30.0 Å². The van der Waals surface area contributed by atoms with E-state index in [2.05, 4.69) is 5.10 Å². The van der Waals surface area contributed by atoms with Gasteiger partial charge in [-0.05, 0) is 6.42 Å². The Morgan fingerprint density at radius 2 is 2.29 bits per heavy atom. The number of nitrogens with two attached hydrogens (primary N) is 1. The summed E-state index contributed by atoms with van der Waals surface area (Å²) in [4.78, 5) is 12.9. The lowest BCUT2D eigenvalue weighted by Crippen LogP contribution is -2.34. The topological polar surface area (TPSA) is 64.2 Å². The summed E-state index contributed by atoms with van der Waals surface area (Å²) in [5, 5.41) is 4.28. The van der Waals surface area contributed by atoms with Crippen LogP contribution in [0.25, 0.3) is 0 Å². The molecule has 0 saturated heterocycles. The molecule has 1 aliphatic heterocycles. The highest BCUT2D eigenvalue weighted by atomic mass is 16.2. The fourth-order valence-corrected chi connectivity index (χ4v) is 1.81. The monoisotopic (exact) mass is 194 g/mol. The highest BCUT2D eigenvalue weighted by molar-refractivity contribution is 5.73. The molecule has 1 amide bonds. The van der Waals surface area contributed by atoms with E-state index >= 15 is 0 Å². The van der Waals surface area contributed by atoms with Crippen molar-refractivity contribution in [1.82, 2.24) is 14.7 Å². The Hall–Kier alpha value is -1.52. The minimum atomic E-state index is 0.0971. The maximum absolute atomic E-state index is 11.2. The molecule has 0 fully saturated rings. The van der Waals surface area contributed by atoms with Gasteiger partial charge in [0.05, 0.1) is 12.2 Å². The van der Waals surface area contributed by atoms with Gasteiger partial charge in [0, 0.05) is 26.1 Å². The van der Waals surface area contributed by atoms with Gasteiger partial charge in [0.2, 0.25) is 5.91 Å². The summed E-state index contributed by atoms with van der Waals surface area (Å²) in [6.45, 7) is 2.92. The molecule has 2 heterocycles. The van der Waals surface area contributed by atoms with Crippen molar-refractivity contribution in [3.05, 3.63) is 11.3 Å². The summed E-state index contributed by atoms with van der Waals surface area (Å²) in [6, 6.07) is 0. The molecule has 0 saturated carbocycles. The number of rotatable bonds is 0. The molecule has 0 radical (unpaired) electrons. The summed E-state index contributed by atoms with van der Waals surface area (Å²) < 4.78 is 1.67. The number of nitrogens with zero attached hydrogens (tertiary/aromatic N) is 3. The molecule has 1 aliphatic rings. The second-order valence-electron chi connectivity index (χ2n) is 3.62. The van der Waals surface area contributed by atoms with Crippen molar-refractivity contribution >= 4 is 11.7 Å². The Kier molecular flexibility index (Phi) is 1.94. The highest BCUT2D eigenvalue weighted by Crippen LogP contribution is 2.22. The van der Waals surface area contributed by atoms with Crippen LogP contribution in [0.3, 0.4) is 0 Å². The van der Waals surface area contributed by atoms with Gasteiger partial charge in [-0.15, -0.1) is 0 Å². The number of carbonyl (C=O) groups excluding carboxylic acids is 1. The minimum absolute atomic E-state index is 0.0971. The first-order valence-corrected chi connectivity index (χ1v) is 4.65. The predicted molar refractivity (Wildman–Crippen MR) is 52.4 cm³/mol. The second kappa shape index (κ2) is 3.01. The largest absolute Gasteiger partial charge is 0.384 e. The maximum atomic E-state index is 11.2. The number of nitrogen functional groups attached to an aromatic ring is 1. The number of carbonyl (C=O) groups is 1. The van der Waals surface area contributed by atoms with Gasteiger partial charge in [-0.25, -0.2) is 0 Å². The molecule has 0 bridgehead atoms. The SMILES string of the molecule is CC(=O)N1CCc2c(nn(C)c2N)C1. The molecular formula is C9H14N4O. The molecular weight excluding hydrogens is 180 g/mol. The fraction of sp³-hybridized carbons (Fsp3) is 0.556. The van der Waals surface area contributed by atoms with Gasteiger partial charge in [0.15, 0.2) is 0 Å². The second-order valence-corrected chi connectivity index (χ2v) is 3.62. The zero-order valence-corrected chi connectivity index (χ0v) is 8.45. The van der Waals surface area contributed by atoms with Crippen molar-refractivity contribution in [2.45, 2.75) is 19.9 Å². The molecule has 0 atom stereocenters. The third-order valence-corrected chi connectivity index (χ3v) is 2.69. The first-order chi connectivity index (χ1) is 6.59. The quantitative estimate of drug-likeness (QED) is 0.627. The first-order valence-electron chi connectivity index (χ1n) is 4.65. The molecule has 2 N–H and O–H groups in total. The number of hydrogen-bond donors (Lipinski definition) is 1. The van der Waals surface area contributed by atoms with E-state index in [1.807, 2.05) is 7.05 Å². The van der Waals surface area contributed by atoms with Gasteiger partial charge in [-0.2, -0.15) is 5.10 Å². The minimum Gasteiger partial charge on any atom is -0.384 e. The average Bonchev–Trinajstić information content (AvgIpc) is 2.42. The Bertz CT molecular complexity index is 382. The van der Waals surface area contributed by atoms with Crippen molar-refractivity contribution in [3.8, 4) is 0 Å². The normalized spacial score (nSPS) is 15.4. The number of anilines is 1. The number of amides is 1. The molecule has 0 spiro atoms. The van der Waals surface area contributed by atoms with Crippen LogP contribution >= 0.6 is 0 Å². The molecule has 1 aromatic heterocycles. The van der Waals surface area contributed by atoms with Gasteiger partial charge >= 0.3 is 0 Å². The average molecular weight is 194 g/mol. The highest BCUT2D eigenvalue weighted by Gasteiger charge is 2.23. The van der Waals surface area contributed by atoms with E-state index in [9.17, 15) is 4.79 Å². The summed E-state index contributed by atoms with van der Waals surface area (Å²) in [5.41, 5.74) is 7.88. The van der Waals surface area contributed by atoms with Crippen LogP contribution in [0.5, 0.6) is 0 Å². The molecule has 0 aromatic carbocycles. The van der Waals surface area contributed by atoms with E-state index in [0.29, 0.717) is 6.54 Å². The van der Waals surface area contributed by atoms with Crippen molar-refractivity contribution in [2.24, 2.45) is 7.05 Å². The zero-order chi connectivity index (χ0) is 10.3. The molecule has 5 heteroatoms. The lowest BCUT2D eigenvalue weighted by atomic mass is 10.1. The Morgan fingerprint density at radius 3 is 2.93 bits per heavy atom. The number of aryl methyl sites for hydroxylation is 1. The van der Waals surface area contributed by atoms with Crippen LogP contribution in [-0.4, -0.2) is 27.1 Å². The van der Waals surface area contributed by atoms with E-state index in [1.54, 1.807) is 16.5 Å². The Labute approximate surface area is 82.5 Å². The van der Waals surface area contributed by atoms with E-state index in [1.165, 1.54) is 0 Å². The van der Waals surface area contributed by atoms with Crippen LogP contribution in [0.2, 0.25) is 0 Å². The first kappa shape index (κ1) is 9.05. The lowest BCUT2D eigenvalue weighted by Gasteiger charge is -2.24. The molecule has 0 unspecified atom stereocenters. The van der Waals surface area contributed by atoms with Crippen molar-refractivity contribution < 1.29 is 4.79 Å². The van der Waals surface area contributed by atoms with Crippen LogP contribution < -0.4 is 5.73 Å². The number of aromatic nitrogens is 2. The Balaban J connectivity index is 2.31. The maximum Gasteiger partial charge on any atom is 0.219 e. The van der Waals surface area contributed by atoms with Crippen LogP contribution in [0.15, 0.2) is 0 Å². The van der Waals surface area contributed by atoms with Gasteiger partial charge in [0.1, 0.15) is 5.82 Å². The zero-order valence-electron chi connectivity index (χ0n) is 8.45. The van der Waals surface area contributed by atoms with Crippen LogP contribution in [0.4, 0.5) is 5.82 Å². The van der Waals surface area contributed by atoms with Gasteiger partial charge < -0.3 is 10.6 Å². The van der Waals surface area contributed by atoms with Crippen molar-refractivity contribution in [1.29, 1.82) is 0 Å². The van der Waals surface area contributed by atoms with Crippen LogP contribution in [-0.2, 0) is 24.8 Å². The van der Waals surface area contributed by atoms with E-state index in [-0.39, 0.29) is 5.91 Å². The standard InChI is InChI=1S/C9H14N4O/c1-6(14)13-4-3-7-8(5-13)11-12(2)9(7)10/h3-5,10H2,1-2H3. The third kappa shape index (κ3) is 1.25. The number of fused-ring (bicyclic) bond motifs is 1. The van der Waals surface area contributed by atoms with Crippen LogP contribution in [0, 0.1) is 0 Å². The van der Waals surface area contributed by atoms with Gasteiger partial charge in [-0.3, -0.25) is 9.48 Å². The smallest absolute Gasteiger partial charge is 0.219 e.